The second kappa shape index (κ2) is 16.2. The number of fused-ring (bicyclic) bond motifs is 6. The molecule has 0 aliphatic rings. The van der Waals surface area contributed by atoms with Crippen LogP contribution < -0.4 is 0 Å². The van der Waals surface area contributed by atoms with Crippen LogP contribution in [0, 0.1) is 0 Å². The first-order valence-electron chi connectivity index (χ1n) is 23.6. The van der Waals surface area contributed by atoms with Crippen LogP contribution in [-0.4, -0.2) is 9.13 Å². The van der Waals surface area contributed by atoms with E-state index in [1.54, 1.807) is 0 Å². The fourth-order valence-electron chi connectivity index (χ4n) is 9.99. The molecule has 2 nitrogen and oxygen atoms in total. The van der Waals surface area contributed by atoms with E-state index in [4.69, 9.17) is 0 Å². The number of thiophene rings is 2. The molecule has 0 amide bonds. The maximum absolute atomic E-state index is 2.40. The van der Waals surface area contributed by atoms with E-state index >= 15 is 0 Å². The zero-order valence-corrected chi connectivity index (χ0v) is 41.0. The van der Waals surface area contributed by atoms with Gasteiger partial charge in [-0.25, -0.2) is 0 Å². The molecule has 12 rings (SSSR count). The summed E-state index contributed by atoms with van der Waals surface area (Å²) in [6.45, 7) is 13.6. The lowest BCUT2D eigenvalue weighted by molar-refractivity contribution is 0.590. The zero-order chi connectivity index (χ0) is 46.3. The van der Waals surface area contributed by atoms with Gasteiger partial charge in [-0.3, -0.25) is 0 Å². The van der Waals surface area contributed by atoms with E-state index in [-0.39, 0.29) is 10.8 Å². The minimum absolute atomic E-state index is 0.116. The van der Waals surface area contributed by atoms with Gasteiger partial charge in [-0.2, -0.15) is 0 Å². The first-order valence-corrected chi connectivity index (χ1v) is 25.3. The minimum Gasteiger partial charge on any atom is -0.309 e. The van der Waals surface area contributed by atoms with Crippen LogP contribution in [-0.2, 0) is 10.8 Å². The SMILES string of the molecule is CC(C)(C)c1ccc(-n2c3ccccc3c3cc(-c4ccc(-c5ccc(-c6ccc(-c7ccc(-c8ccc9c(c8)c8ccccc8n9-c8ccc(C(C)(C)C)cc8)cc7)s6)s5)cc4)ccc32)cc1. The molecule has 0 aliphatic carbocycles. The molecule has 0 atom stereocenters. The summed E-state index contributed by atoms with van der Waals surface area (Å²) in [5.74, 6) is 0. The van der Waals surface area contributed by atoms with Crippen LogP contribution in [0.1, 0.15) is 52.7 Å². The molecule has 0 spiro atoms. The molecule has 4 heterocycles. The summed E-state index contributed by atoms with van der Waals surface area (Å²) >= 11 is 3.73. The van der Waals surface area contributed by atoms with Crippen molar-refractivity contribution in [3.8, 4) is 64.3 Å². The highest BCUT2D eigenvalue weighted by molar-refractivity contribution is 7.25. The first-order chi connectivity index (χ1) is 32.9. The third kappa shape index (κ3) is 7.40. The van der Waals surface area contributed by atoms with Crippen LogP contribution in [0.25, 0.3) is 108 Å². The van der Waals surface area contributed by atoms with Gasteiger partial charge in [0.05, 0.1) is 22.1 Å². The molecule has 4 aromatic heterocycles. The highest BCUT2D eigenvalue weighted by Crippen LogP contribution is 2.43. The molecule has 0 N–H and O–H groups in total. The standard InChI is InChI=1S/C64H52N2S2/c1-63(2,3)47-25-29-49(30-26-47)65-55-13-9-7-11-51(55)53-39-45(23-33-57(53)65)41-15-19-43(20-16-41)59-35-37-61(67-59)62-38-36-60(68-62)44-21-17-42(18-22-44)46-24-34-58-54(40-46)52-12-8-10-14-56(52)66(58)50-31-27-48(28-32-50)64(4,5)6/h7-40H,1-6H3. The van der Waals surface area contributed by atoms with Crippen molar-refractivity contribution in [2.45, 2.75) is 52.4 Å². The smallest absolute Gasteiger partial charge is 0.0541 e. The van der Waals surface area contributed by atoms with E-state index < -0.39 is 0 Å². The average molecular weight is 913 g/mol. The van der Waals surface area contributed by atoms with Crippen LogP contribution in [0.5, 0.6) is 0 Å². The third-order valence-electron chi connectivity index (χ3n) is 13.8. The summed E-state index contributed by atoms with van der Waals surface area (Å²) in [5.41, 5.74) is 17.6. The van der Waals surface area contributed by atoms with Gasteiger partial charge in [-0.05, 0) is 140 Å². The van der Waals surface area contributed by atoms with Crippen molar-refractivity contribution in [1.82, 2.24) is 9.13 Å². The number of para-hydroxylation sites is 2. The Morgan fingerprint density at radius 1 is 0.279 bits per heavy atom. The van der Waals surface area contributed by atoms with Crippen LogP contribution in [0.4, 0.5) is 0 Å². The maximum Gasteiger partial charge on any atom is 0.0541 e. The number of nitrogens with zero attached hydrogens (tertiary/aromatic N) is 2. The quantitative estimate of drug-likeness (QED) is 0.151. The molecule has 0 aliphatic heterocycles. The van der Waals surface area contributed by atoms with Gasteiger partial charge in [0.25, 0.3) is 0 Å². The van der Waals surface area contributed by atoms with Crippen molar-refractivity contribution in [2.24, 2.45) is 0 Å². The Balaban J connectivity index is 0.771. The van der Waals surface area contributed by atoms with E-state index in [1.165, 1.54) is 119 Å². The Hall–Kier alpha value is -7.24. The molecule has 0 bridgehead atoms. The monoisotopic (exact) mass is 912 g/mol. The number of hydrogen-bond donors (Lipinski definition) is 0. The summed E-state index contributed by atoms with van der Waals surface area (Å²) in [4.78, 5) is 5.15. The number of aromatic nitrogens is 2. The Labute approximate surface area is 407 Å². The molecule has 0 fully saturated rings. The fourth-order valence-corrected chi connectivity index (χ4v) is 12.1. The second-order valence-electron chi connectivity index (χ2n) is 20.2. The lowest BCUT2D eigenvalue weighted by Crippen LogP contribution is -2.10. The topological polar surface area (TPSA) is 9.86 Å². The third-order valence-corrected chi connectivity index (χ3v) is 16.3. The summed E-state index contributed by atoms with van der Waals surface area (Å²) in [7, 11) is 0. The predicted octanol–water partition coefficient (Wildman–Crippen LogP) is 18.9. The summed E-state index contributed by atoms with van der Waals surface area (Å²) in [5, 5.41) is 5.08. The molecule has 0 radical (unpaired) electrons. The largest absolute Gasteiger partial charge is 0.309 e. The van der Waals surface area contributed by atoms with E-state index in [0.717, 1.165) is 0 Å². The number of benzene rings is 8. The zero-order valence-electron chi connectivity index (χ0n) is 39.3. The van der Waals surface area contributed by atoms with Gasteiger partial charge in [0.15, 0.2) is 0 Å². The van der Waals surface area contributed by atoms with Gasteiger partial charge in [-0.15, -0.1) is 22.7 Å². The molecular weight excluding hydrogens is 861 g/mol. The fraction of sp³-hybridized carbons (Fsp3) is 0.125. The summed E-state index contributed by atoms with van der Waals surface area (Å²) in [6, 6.07) is 76.9. The lowest BCUT2D eigenvalue weighted by atomic mass is 9.87. The van der Waals surface area contributed by atoms with E-state index in [1.807, 2.05) is 22.7 Å². The van der Waals surface area contributed by atoms with Gasteiger partial charge in [0, 0.05) is 52.4 Å². The van der Waals surface area contributed by atoms with Crippen molar-refractivity contribution in [1.29, 1.82) is 0 Å². The second-order valence-corrected chi connectivity index (χ2v) is 22.4. The molecule has 68 heavy (non-hydrogen) atoms. The highest BCUT2D eigenvalue weighted by atomic mass is 32.1. The Morgan fingerprint density at radius 3 is 0.985 bits per heavy atom. The predicted molar refractivity (Wildman–Crippen MR) is 295 cm³/mol. The van der Waals surface area contributed by atoms with Gasteiger partial charge in [0.2, 0.25) is 0 Å². The summed E-state index contributed by atoms with van der Waals surface area (Å²) in [6.07, 6.45) is 0. The van der Waals surface area contributed by atoms with Crippen molar-refractivity contribution in [2.75, 3.05) is 0 Å². The summed E-state index contributed by atoms with van der Waals surface area (Å²) < 4.78 is 4.81. The van der Waals surface area contributed by atoms with Crippen LogP contribution in [0.2, 0.25) is 0 Å². The lowest BCUT2D eigenvalue weighted by Gasteiger charge is -2.19. The van der Waals surface area contributed by atoms with Crippen LogP contribution in [0.3, 0.4) is 0 Å². The van der Waals surface area contributed by atoms with E-state index in [2.05, 4.69) is 257 Å². The van der Waals surface area contributed by atoms with E-state index in [9.17, 15) is 0 Å². The molecule has 330 valence electrons. The van der Waals surface area contributed by atoms with Gasteiger partial charge in [0.1, 0.15) is 0 Å². The Morgan fingerprint density at radius 2 is 0.603 bits per heavy atom. The highest BCUT2D eigenvalue weighted by Gasteiger charge is 2.19. The van der Waals surface area contributed by atoms with Crippen LogP contribution >= 0.6 is 22.7 Å². The average Bonchev–Trinajstić information content (AvgIpc) is 4.18. The van der Waals surface area contributed by atoms with Gasteiger partial charge in [-0.1, -0.05) is 163 Å². The van der Waals surface area contributed by atoms with Gasteiger partial charge < -0.3 is 9.13 Å². The van der Waals surface area contributed by atoms with E-state index in [0.29, 0.717) is 0 Å². The first kappa shape index (κ1) is 42.1. The van der Waals surface area contributed by atoms with Crippen LogP contribution in [0.15, 0.2) is 206 Å². The van der Waals surface area contributed by atoms with Crippen molar-refractivity contribution in [3.05, 3.63) is 217 Å². The molecule has 4 heteroatoms. The molecule has 8 aromatic carbocycles. The van der Waals surface area contributed by atoms with Crippen molar-refractivity contribution in [3.63, 3.8) is 0 Å². The Bertz CT molecular complexity index is 3570. The molecule has 12 aromatic rings. The van der Waals surface area contributed by atoms with Gasteiger partial charge >= 0.3 is 0 Å². The number of rotatable bonds is 7. The number of hydrogen-bond acceptors (Lipinski definition) is 2. The molecule has 0 saturated carbocycles. The minimum atomic E-state index is 0.116. The van der Waals surface area contributed by atoms with Crippen molar-refractivity contribution < 1.29 is 0 Å². The molecule has 0 unspecified atom stereocenters. The van der Waals surface area contributed by atoms with Crippen molar-refractivity contribution >= 4 is 66.3 Å². The Kier molecular flexibility index (Phi) is 10.1. The normalized spacial score (nSPS) is 12.3. The maximum atomic E-state index is 2.40. The molecule has 0 saturated heterocycles. The molecular formula is C64H52N2S2.